The van der Waals surface area contributed by atoms with Gasteiger partial charge in [-0.05, 0) is 38.5 Å². The SMILES string of the molecule is Cc1cccc(CNc2ncnn3c(C4OC5C(O)C56OC(C)(C)OC46)ccc23)c1. The Bertz CT molecular complexity index is 1150. The van der Waals surface area contributed by atoms with Gasteiger partial charge in [0.15, 0.2) is 17.2 Å². The van der Waals surface area contributed by atoms with Gasteiger partial charge < -0.3 is 24.6 Å². The summed E-state index contributed by atoms with van der Waals surface area (Å²) >= 11 is 0. The summed E-state index contributed by atoms with van der Waals surface area (Å²) in [6.07, 6.45) is -0.259. The Morgan fingerprint density at radius 3 is 2.90 bits per heavy atom. The molecule has 6 rings (SSSR count). The van der Waals surface area contributed by atoms with Crippen molar-refractivity contribution in [1.29, 1.82) is 0 Å². The zero-order valence-electron chi connectivity index (χ0n) is 17.1. The van der Waals surface area contributed by atoms with Gasteiger partial charge in [-0.15, -0.1) is 0 Å². The van der Waals surface area contributed by atoms with Crippen LogP contribution in [0.5, 0.6) is 0 Å². The maximum Gasteiger partial charge on any atom is 0.164 e. The van der Waals surface area contributed by atoms with E-state index in [0.717, 1.165) is 17.0 Å². The summed E-state index contributed by atoms with van der Waals surface area (Å²) in [6.45, 7) is 6.48. The van der Waals surface area contributed by atoms with Gasteiger partial charge in [0.05, 0.1) is 5.69 Å². The first-order valence-electron chi connectivity index (χ1n) is 10.2. The summed E-state index contributed by atoms with van der Waals surface area (Å²) in [5.41, 5.74) is 3.35. The Morgan fingerprint density at radius 1 is 1.20 bits per heavy atom. The Morgan fingerprint density at radius 2 is 2.07 bits per heavy atom. The van der Waals surface area contributed by atoms with Crippen molar-refractivity contribution in [2.24, 2.45) is 0 Å². The van der Waals surface area contributed by atoms with Gasteiger partial charge >= 0.3 is 0 Å². The van der Waals surface area contributed by atoms with Crippen molar-refractivity contribution in [1.82, 2.24) is 14.6 Å². The molecule has 0 bridgehead atoms. The van der Waals surface area contributed by atoms with Crippen LogP contribution in [0.2, 0.25) is 0 Å². The van der Waals surface area contributed by atoms with Gasteiger partial charge in [0.2, 0.25) is 0 Å². The third kappa shape index (κ3) is 2.48. The zero-order valence-corrected chi connectivity index (χ0v) is 17.1. The molecule has 8 heteroatoms. The molecular formula is C22H24N4O4. The Labute approximate surface area is 173 Å². The number of rotatable bonds is 4. The first-order chi connectivity index (χ1) is 14.4. The van der Waals surface area contributed by atoms with Crippen LogP contribution in [0, 0.1) is 6.92 Å². The zero-order chi connectivity index (χ0) is 20.7. The number of ether oxygens (including phenoxy) is 3. The van der Waals surface area contributed by atoms with E-state index < -0.39 is 17.5 Å². The number of anilines is 1. The van der Waals surface area contributed by atoms with Gasteiger partial charge in [-0.25, -0.2) is 9.50 Å². The average molecular weight is 408 g/mol. The number of aryl methyl sites for hydroxylation is 1. The highest BCUT2D eigenvalue weighted by molar-refractivity contribution is 5.68. The molecule has 30 heavy (non-hydrogen) atoms. The van der Waals surface area contributed by atoms with Crippen LogP contribution in [-0.4, -0.2) is 49.4 Å². The average Bonchev–Trinajstić information content (AvgIpc) is 3.07. The summed E-state index contributed by atoms with van der Waals surface area (Å²) in [4.78, 5) is 4.43. The Kier molecular flexibility index (Phi) is 3.66. The van der Waals surface area contributed by atoms with Crippen molar-refractivity contribution < 1.29 is 19.3 Å². The van der Waals surface area contributed by atoms with Crippen molar-refractivity contribution in [3.8, 4) is 0 Å². The number of aromatic nitrogens is 3. The molecule has 2 aliphatic heterocycles. The van der Waals surface area contributed by atoms with E-state index in [1.807, 2.05) is 30.5 Å². The first-order valence-corrected chi connectivity index (χ1v) is 10.2. The molecule has 1 aromatic carbocycles. The minimum Gasteiger partial charge on any atom is -0.387 e. The van der Waals surface area contributed by atoms with E-state index in [2.05, 4.69) is 46.6 Å². The van der Waals surface area contributed by atoms with Crippen molar-refractivity contribution in [2.45, 2.75) is 63.1 Å². The molecular weight excluding hydrogens is 384 g/mol. The molecule has 0 amide bonds. The molecule has 8 nitrogen and oxygen atoms in total. The fourth-order valence-electron chi connectivity index (χ4n) is 4.94. The summed E-state index contributed by atoms with van der Waals surface area (Å²) in [7, 11) is 0. The predicted octanol–water partition coefficient (Wildman–Crippen LogP) is 2.35. The molecule has 2 aromatic heterocycles. The topological polar surface area (TPSA) is 90.1 Å². The maximum absolute atomic E-state index is 10.3. The lowest BCUT2D eigenvalue weighted by Crippen LogP contribution is -2.32. The molecule has 5 unspecified atom stereocenters. The van der Waals surface area contributed by atoms with Gasteiger partial charge in [0.25, 0.3) is 0 Å². The lowest BCUT2D eigenvalue weighted by atomic mass is 10.1. The number of hydrogen-bond acceptors (Lipinski definition) is 7. The van der Waals surface area contributed by atoms with Gasteiger partial charge in [-0.3, -0.25) is 0 Å². The second kappa shape index (κ2) is 6.01. The van der Waals surface area contributed by atoms with Crippen LogP contribution in [0.3, 0.4) is 0 Å². The summed E-state index contributed by atoms with van der Waals surface area (Å²) in [5.74, 6) is -0.00931. The van der Waals surface area contributed by atoms with Crippen LogP contribution >= 0.6 is 0 Å². The number of hydrogen-bond donors (Lipinski definition) is 2. The van der Waals surface area contributed by atoms with E-state index in [9.17, 15) is 5.11 Å². The molecule has 0 radical (unpaired) electrons. The standard InChI is InChI=1S/C22H24N4O4/c1-12-5-4-6-13(9-12)10-23-20-15-8-7-14(26(15)25-11-24-20)16-18-22(17(27)19(22)28-16)30-21(2,3)29-18/h4-9,11,16-19,27H,10H2,1-3H3,(H,23,24,25). The summed E-state index contributed by atoms with van der Waals surface area (Å²) in [5, 5.41) is 18.2. The first kappa shape index (κ1) is 18.3. The molecule has 2 N–H and O–H groups in total. The van der Waals surface area contributed by atoms with Crippen LogP contribution in [0.15, 0.2) is 42.7 Å². The van der Waals surface area contributed by atoms with Crippen molar-refractivity contribution >= 4 is 11.3 Å². The highest BCUT2D eigenvalue weighted by Crippen LogP contribution is 2.64. The number of nitrogens with zero attached hydrogens (tertiary/aromatic N) is 3. The number of fused-ring (bicyclic) bond motifs is 1. The minimum atomic E-state index is -0.780. The number of nitrogens with one attached hydrogen (secondary N) is 1. The van der Waals surface area contributed by atoms with Crippen LogP contribution in [0.1, 0.15) is 36.8 Å². The van der Waals surface area contributed by atoms with Crippen LogP contribution in [-0.2, 0) is 20.8 Å². The summed E-state index contributed by atoms with van der Waals surface area (Å²) < 4.78 is 20.2. The van der Waals surface area contributed by atoms with Gasteiger partial charge in [-0.1, -0.05) is 29.8 Å². The second-order valence-electron chi connectivity index (χ2n) is 8.82. The van der Waals surface area contributed by atoms with E-state index in [1.165, 1.54) is 17.5 Å². The molecule has 4 heterocycles. The molecule has 156 valence electrons. The highest BCUT2D eigenvalue weighted by Gasteiger charge is 2.83. The van der Waals surface area contributed by atoms with E-state index in [-0.39, 0.29) is 18.3 Å². The van der Waals surface area contributed by atoms with E-state index in [1.54, 1.807) is 0 Å². The largest absolute Gasteiger partial charge is 0.387 e. The van der Waals surface area contributed by atoms with Crippen LogP contribution in [0.4, 0.5) is 5.82 Å². The van der Waals surface area contributed by atoms with Crippen molar-refractivity contribution in [3.05, 3.63) is 59.5 Å². The molecule has 3 aromatic rings. The van der Waals surface area contributed by atoms with Gasteiger partial charge in [0.1, 0.15) is 36.3 Å². The lowest BCUT2D eigenvalue weighted by molar-refractivity contribution is -0.176. The van der Waals surface area contributed by atoms with E-state index in [0.29, 0.717) is 6.54 Å². The fourth-order valence-corrected chi connectivity index (χ4v) is 4.94. The number of aliphatic hydroxyl groups is 1. The second-order valence-corrected chi connectivity index (χ2v) is 8.82. The number of benzene rings is 1. The Balaban J connectivity index is 1.30. The van der Waals surface area contributed by atoms with E-state index >= 15 is 0 Å². The molecule has 2 saturated heterocycles. The van der Waals surface area contributed by atoms with E-state index in [4.69, 9.17) is 14.2 Å². The minimum absolute atomic E-state index is 0.373. The van der Waals surface area contributed by atoms with Crippen molar-refractivity contribution in [3.63, 3.8) is 0 Å². The molecule has 5 atom stereocenters. The third-order valence-electron chi connectivity index (χ3n) is 6.25. The molecule has 1 aliphatic carbocycles. The predicted molar refractivity (Wildman–Crippen MR) is 108 cm³/mol. The monoisotopic (exact) mass is 408 g/mol. The molecule has 1 saturated carbocycles. The van der Waals surface area contributed by atoms with Gasteiger partial charge in [-0.2, -0.15) is 5.10 Å². The summed E-state index contributed by atoms with van der Waals surface area (Å²) in [6, 6.07) is 12.3. The third-order valence-corrected chi connectivity index (χ3v) is 6.25. The van der Waals surface area contributed by atoms with Crippen LogP contribution in [0.25, 0.3) is 5.52 Å². The quantitative estimate of drug-likeness (QED) is 0.685. The highest BCUT2D eigenvalue weighted by atomic mass is 16.8. The van der Waals surface area contributed by atoms with Gasteiger partial charge in [0, 0.05) is 6.54 Å². The van der Waals surface area contributed by atoms with Crippen LogP contribution < -0.4 is 5.32 Å². The normalized spacial score (nSPS) is 33.5. The number of aliphatic hydroxyl groups excluding tert-OH is 1. The Hall–Kier alpha value is -2.52. The van der Waals surface area contributed by atoms with Crippen molar-refractivity contribution in [2.75, 3.05) is 5.32 Å². The lowest BCUT2D eigenvalue weighted by Gasteiger charge is -2.22. The molecule has 3 aliphatic rings. The smallest absolute Gasteiger partial charge is 0.164 e. The maximum atomic E-state index is 10.3. The molecule has 1 spiro atoms. The fraction of sp³-hybridized carbons (Fsp3) is 0.455. The molecule has 3 fully saturated rings.